The van der Waals surface area contributed by atoms with E-state index >= 15 is 0 Å². The third-order valence-electron chi connectivity index (χ3n) is 3.82. The molecule has 2 rings (SSSR count). The predicted molar refractivity (Wildman–Crippen MR) is 76.3 cm³/mol. The van der Waals surface area contributed by atoms with Crippen LogP contribution in [0, 0.1) is 11.7 Å². The van der Waals surface area contributed by atoms with E-state index in [-0.39, 0.29) is 22.8 Å². The molecule has 0 spiro atoms. The van der Waals surface area contributed by atoms with Gasteiger partial charge in [-0.05, 0) is 31.4 Å². The summed E-state index contributed by atoms with van der Waals surface area (Å²) in [6, 6.07) is 4.30. The minimum absolute atomic E-state index is 0.0448. The molecule has 0 N–H and O–H groups in total. The maximum atomic E-state index is 13.9. The summed E-state index contributed by atoms with van der Waals surface area (Å²) in [4.78, 5) is 12.4. The number of carbonyl (C=O) groups is 1. The van der Waals surface area contributed by atoms with Crippen LogP contribution in [0.4, 0.5) is 4.39 Å². The normalized spacial score (nSPS) is 23.6. The minimum atomic E-state index is -3.16. The Hall–Kier alpha value is -0.940. The van der Waals surface area contributed by atoms with Crippen LogP contribution in [0.1, 0.15) is 36.0 Å². The summed E-state index contributed by atoms with van der Waals surface area (Å²) in [6.07, 6.45) is 3.28. The van der Waals surface area contributed by atoms with Crippen molar-refractivity contribution in [2.45, 2.75) is 30.9 Å². The minimum Gasteiger partial charge on any atom is -0.294 e. The first-order chi connectivity index (χ1) is 9.30. The van der Waals surface area contributed by atoms with Crippen molar-refractivity contribution < 1.29 is 17.6 Å². The molecule has 1 aromatic carbocycles. The molecule has 6 heteroatoms. The third kappa shape index (κ3) is 3.20. The smallest absolute Gasteiger partial charge is 0.168 e. The van der Waals surface area contributed by atoms with Crippen LogP contribution in [-0.2, 0) is 9.84 Å². The predicted octanol–water partition coefficient (Wildman–Crippen LogP) is 3.27. The van der Waals surface area contributed by atoms with Gasteiger partial charge in [-0.15, -0.1) is 0 Å². The monoisotopic (exact) mass is 318 g/mol. The van der Waals surface area contributed by atoms with Gasteiger partial charge in [0.2, 0.25) is 0 Å². The van der Waals surface area contributed by atoms with Crippen molar-refractivity contribution in [1.29, 1.82) is 0 Å². The first-order valence-corrected chi connectivity index (χ1v) is 8.81. The number of halogens is 2. The van der Waals surface area contributed by atoms with Crippen LogP contribution < -0.4 is 0 Å². The summed E-state index contributed by atoms with van der Waals surface area (Å²) < 4.78 is 37.1. The zero-order valence-corrected chi connectivity index (χ0v) is 12.7. The van der Waals surface area contributed by atoms with Crippen molar-refractivity contribution in [3.05, 3.63) is 34.6 Å². The molecule has 1 aliphatic rings. The number of benzene rings is 1. The Balaban J connectivity index is 2.23. The highest BCUT2D eigenvalue weighted by Gasteiger charge is 2.33. The standard InChI is InChI=1S/C14H16ClFO3S/c1-20(18,19)10-5-2-4-9(8-10)14(17)11-6-3-7-12(15)13(11)16/h3,6-7,9-10H,2,4-5,8H2,1H3. The molecule has 0 heterocycles. The molecule has 0 saturated heterocycles. The second kappa shape index (κ2) is 5.82. The van der Waals surface area contributed by atoms with E-state index in [1.54, 1.807) is 0 Å². The molecule has 0 radical (unpaired) electrons. The molecule has 20 heavy (non-hydrogen) atoms. The number of Topliss-reactive ketones (excluding diaryl/α,β-unsaturated/α-hetero) is 1. The number of hydrogen-bond acceptors (Lipinski definition) is 3. The van der Waals surface area contributed by atoms with Gasteiger partial charge in [0.1, 0.15) is 9.84 Å². The lowest BCUT2D eigenvalue weighted by Gasteiger charge is -2.27. The van der Waals surface area contributed by atoms with Crippen LogP contribution >= 0.6 is 11.6 Å². The van der Waals surface area contributed by atoms with Gasteiger partial charge >= 0.3 is 0 Å². The second-order valence-corrected chi connectivity index (χ2v) is 8.01. The van der Waals surface area contributed by atoms with Crippen molar-refractivity contribution in [2.75, 3.05) is 6.26 Å². The van der Waals surface area contributed by atoms with Gasteiger partial charge in [-0.1, -0.05) is 24.1 Å². The van der Waals surface area contributed by atoms with Crippen molar-refractivity contribution >= 4 is 27.2 Å². The summed E-state index contributed by atoms with van der Waals surface area (Å²) in [5.74, 6) is -1.52. The highest BCUT2D eigenvalue weighted by atomic mass is 35.5. The van der Waals surface area contributed by atoms with Gasteiger partial charge in [-0.25, -0.2) is 12.8 Å². The van der Waals surface area contributed by atoms with Crippen LogP contribution in [0.2, 0.25) is 5.02 Å². The third-order valence-corrected chi connectivity index (χ3v) is 5.75. The Labute approximate surface area is 123 Å². The van der Waals surface area contributed by atoms with Crippen molar-refractivity contribution in [3.8, 4) is 0 Å². The van der Waals surface area contributed by atoms with Crippen LogP contribution in [0.15, 0.2) is 18.2 Å². The molecular weight excluding hydrogens is 303 g/mol. The van der Waals surface area contributed by atoms with E-state index in [2.05, 4.69) is 0 Å². The Bertz CT molecular complexity index is 627. The molecule has 2 atom stereocenters. The lowest BCUT2D eigenvalue weighted by Crippen LogP contribution is -2.31. The fourth-order valence-electron chi connectivity index (χ4n) is 2.69. The van der Waals surface area contributed by atoms with Gasteiger partial charge in [0.25, 0.3) is 0 Å². The van der Waals surface area contributed by atoms with Crippen LogP contribution in [0.3, 0.4) is 0 Å². The number of rotatable bonds is 3. The van der Waals surface area contributed by atoms with Gasteiger partial charge in [0, 0.05) is 12.2 Å². The SMILES string of the molecule is CS(=O)(=O)C1CCCC(C(=O)c2cccc(Cl)c2F)C1. The number of hydrogen-bond donors (Lipinski definition) is 0. The lowest BCUT2D eigenvalue weighted by molar-refractivity contribution is 0.0886. The average Bonchev–Trinajstić information content (AvgIpc) is 2.40. The Kier molecular flexibility index (Phi) is 4.49. The molecular formula is C14H16ClFO3S. The first kappa shape index (κ1) is 15.4. The molecule has 1 fully saturated rings. The van der Waals surface area contributed by atoms with Gasteiger partial charge in [-0.3, -0.25) is 4.79 Å². The number of carbonyl (C=O) groups excluding carboxylic acids is 1. The largest absolute Gasteiger partial charge is 0.294 e. The summed E-state index contributed by atoms with van der Waals surface area (Å²) in [5.41, 5.74) is -0.0448. The Morgan fingerprint density at radius 2 is 2.05 bits per heavy atom. The summed E-state index contributed by atoms with van der Waals surface area (Å²) >= 11 is 5.67. The molecule has 1 aromatic rings. The molecule has 1 aliphatic carbocycles. The number of ketones is 1. The van der Waals surface area contributed by atoms with E-state index in [1.807, 2.05) is 0 Å². The van der Waals surface area contributed by atoms with Crippen LogP contribution in [-0.4, -0.2) is 25.7 Å². The molecule has 3 nitrogen and oxygen atoms in total. The van der Waals surface area contributed by atoms with Gasteiger partial charge < -0.3 is 0 Å². The van der Waals surface area contributed by atoms with Crippen molar-refractivity contribution in [3.63, 3.8) is 0 Å². The molecule has 1 saturated carbocycles. The van der Waals surface area contributed by atoms with E-state index in [9.17, 15) is 17.6 Å². The van der Waals surface area contributed by atoms with E-state index in [4.69, 9.17) is 11.6 Å². The maximum absolute atomic E-state index is 13.9. The van der Waals surface area contributed by atoms with Gasteiger partial charge in [-0.2, -0.15) is 0 Å². The molecule has 0 aliphatic heterocycles. The highest BCUT2D eigenvalue weighted by Crippen LogP contribution is 2.32. The number of sulfone groups is 1. The fourth-order valence-corrected chi connectivity index (χ4v) is 4.04. The quantitative estimate of drug-likeness (QED) is 0.804. The van der Waals surface area contributed by atoms with E-state index in [0.29, 0.717) is 19.3 Å². The summed E-state index contributed by atoms with van der Waals surface area (Å²) in [5, 5.41) is -0.598. The molecule has 0 amide bonds. The lowest BCUT2D eigenvalue weighted by atomic mass is 9.83. The van der Waals surface area contributed by atoms with Crippen molar-refractivity contribution in [1.82, 2.24) is 0 Å². The van der Waals surface area contributed by atoms with Gasteiger partial charge in [0.15, 0.2) is 11.6 Å². The highest BCUT2D eigenvalue weighted by molar-refractivity contribution is 7.91. The topological polar surface area (TPSA) is 51.2 Å². The van der Waals surface area contributed by atoms with E-state index < -0.39 is 26.8 Å². The zero-order chi connectivity index (χ0) is 14.9. The Morgan fingerprint density at radius 1 is 1.35 bits per heavy atom. The summed E-state index contributed by atoms with van der Waals surface area (Å²) in [7, 11) is -3.16. The van der Waals surface area contributed by atoms with Gasteiger partial charge in [0.05, 0.1) is 15.8 Å². The average molecular weight is 319 g/mol. The van der Waals surface area contributed by atoms with Crippen LogP contribution in [0.5, 0.6) is 0 Å². The van der Waals surface area contributed by atoms with Crippen LogP contribution in [0.25, 0.3) is 0 Å². The van der Waals surface area contributed by atoms with E-state index in [0.717, 1.165) is 0 Å². The Morgan fingerprint density at radius 3 is 2.70 bits per heavy atom. The summed E-state index contributed by atoms with van der Waals surface area (Å²) in [6.45, 7) is 0. The second-order valence-electron chi connectivity index (χ2n) is 5.28. The molecule has 110 valence electrons. The zero-order valence-electron chi connectivity index (χ0n) is 11.1. The first-order valence-electron chi connectivity index (χ1n) is 6.48. The molecule has 0 bridgehead atoms. The molecule has 2 unspecified atom stereocenters. The molecule has 0 aromatic heterocycles. The van der Waals surface area contributed by atoms with Crippen molar-refractivity contribution in [2.24, 2.45) is 5.92 Å². The maximum Gasteiger partial charge on any atom is 0.168 e. The van der Waals surface area contributed by atoms with E-state index in [1.165, 1.54) is 24.5 Å². The fraction of sp³-hybridized carbons (Fsp3) is 0.500.